The third-order valence-corrected chi connectivity index (χ3v) is 5.63. The molecule has 1 aromatic rings. The van der Waals surface area contributed by atoms with Crippen LogP contribution in [-0.4, -0.2) is 61.7 Å². The highest BCUT2D eigenvalue weighted by Crippen LogP contribution is 2.43. The fraction of sp³-hybridized carbons (Fsp3) is 0.765. The molecule has 1 aromatic heterocycles. The van der Waals surface area contributed by atoms with Gasteiger partial charge in [0.05, 0.1) is 31.9 Å². The minimum Gasteiger partial charge on any atom is -0.383 e. The maximum Gasteiger partial charge on any atom is 0.257 e. The second kappa shape index (κ2) is 6.37. The molecule has 1 aliphatic carbocycles. The van der Waals surface area contributed by atoms with Gasteiger partial charge in [0.15, 0.2) is 0 Å². The number of hydrogen-bond donors (Lipinski definition) is 0. The molecule has 4 rings (SSSR count). The molecular weight excluding hydrogens is 308 g/mol. The Labute approximate surface area is 142 Å². The van der Waals surface area contributed by atoms with Crippen molar-refractivity contribution in [3.05, 3.63) is 16.4 Å². The number of fused-ring (bicyclic) bond motifs is 1. The normalized spacial score (nSPS) is 22.4. The summed E-state index contributed by atoms with van der Waals surface area (Å²) in [5.74, 6) is 1.61. The minimum atomic E-state index is 0.0569. The van der Waals surface area contributed by atoms with Crippen LogP contribution in [-0.2, 0) is 16.0 Å². The van der Waals surface area contributed by atoms with Gasteiger partial charge in [-0.3, -0.25) is 9.36 Å². The SMILES string of the molecule is COCCN1c2nc(N3CCOCC3)cc(=O)n2CC12CCCC2. The Morgan fingerprint density at radius 2 is 2.04 bits per heavy atom. The van der Waals surface area contributed by atoms with Gasteiger partial charge in [-0.15, -0.1) is 0 Å². The van der Waals surface area contributed by atoms with E-state index >= 15 is 0 Å². The summed E-state index contributed by atoms with van der Waals surface area (Å²) < 4.78 is 12.6. The molecule has 0 bridgehead atoms. The van der Waals surface area contributed by atoms with Gasteiger partial charge in [0, 0.05) is 32.8 Å². The van der Waals surface area contributed by atoms with E-state index < -0.39 is 0 Å². The largest absolute Gasteiger partial charge is 0.383 e. The average Bonchev–Trinajstić information content (AvgIpc) is 3.19. The van der Waals surface area contributed by atoms with E-state index in [1.54, 1.807) is 13.2 Å². The molecular formula is C17H26N4O3. The molecule has 7 nitrogen and oxygen atoms in total. The summed E-state index contributed by atoms with van der Waals surface area (Å²) in [7, 11) is 1.72. The summed E-state index contributed by atoms with van der Waals surface area (Å²) in [5.41, 5.74) is 0.120. The maximum atomic E-state index is 12.7. The topological polar surface area (TPSA) is 59.8 Å². The van der Waals surface area contributed by atoms with Crippen LogP contribution >= 0.6 is 0 Å². The van der Waals surface area contributed by atoms with Crippen molar-refractivity contribution in [1.29, 1.82) is 0 Å². The Hall–Kier alpha value is -1.60. The van der Waals surface area contributed by atoms with Crippen LogP contribution in [0.4, 0.5) is 11.8 Å². The van der Waals surface area contributed by atoms with Crippen LogP contribution in [0.15, 0.2) is 10.9 Å². The number of hydrogen-bond acceptors (Lipinski definition) is 6. The van der Waals surface area contributed by atoms with E-state index in [-0.39, 0.29) is 11.1 Å². The molecule has 24 heavy (non-hydrogen) atoms. The number of aromatic nitrogens is 2. The smallest absolute Gasteiger partial charge is 0.257 e. The van der Waals surface area contributed by atoms with E-state index in [9.17, 15) is 4.79 Å². The number of ether oxygens (including phenoxy) is 2. The van der Waals surface area contributed by atoms with Crippen LogP contribution in [0.2, 0.25) is 0 Å². The Balaban J connectivity index is 1.71. The van der Waals surface area contributed by atoms with E-state index in [0.717, 1.165) is 50.8 Å². The highest BCUT2D eigenvalue weighted by Gasteiger charge is 2.47. The van der Waals surface area contributed by atoms with Crippen molar-refractivity contribution in [2.45, 2.75) is 37.8 Å². The molecule has 0 N–H and O–H groups in total. The third kappa shape index (κ3) is 2.59. The van der Waals surface area contributed by atoms with E-state index in [1.807, 2.05) is 4.57 Å². The molecule has 0 aromatic carbocycles. The Kier molecular flexibility index (Phi) is 4.22. The summed E-state index contributed by atoms with van der Waals surface area (Å²) in [6, 6.07) is 1.69. The first-order chi connectivity index (χ1) is 11.7. The van der Waals surface area contributed by atoms with Gasteiger partial charge in [0.2, 0.25) is 5.95 Å². The van der Waals surface area contributed by atoms with Crippen LogP contribution in [0, 0.1) is 0 Å². The summed E-state index contributed by atoms with van der Waals surface area (Å²) in [6.45, 7) is 5.17. The van der Waals surface area contributed by atoms with Gasteiger partial charge in [-0.25, -0.2) is 0 Å². The van der Waals surface area contributed by atoms with E-state index in [1.165, 1.54) is 12.8 Å². The maximum absolute atomic E-state index is 12.7. The Bertz CT molecular complexity index is 648. The molecule has 132 valence electrons. The van der Waals surface area contributed by atoms with Crippen LogP contribution < -0.4 is 15.4 Å². The standard InChI is InChI=1S/C17H26N4O3/c1-23-9-8-21-16-18-14(19-6-10-24-11-7-19)12-15(22)20(16)13-17(21)4-2-3-5-17/h12H,2-11,13H2,1H3. The summed E-state index contributed by atoms with van der Waals surface area (Å²) in [5, 5.41) is 0. The average molecular weight is 334 g/mol. The zero-order valence-corrected chi connectivity index (χ0v) is 14.4. The van der Waals surface area contributed by atoms with E-state index in [2.05, 4.69) is 9.80 Å². The quantitative estimate of drug-likeness (QED) is 0.814. The highest BCUT2D eigenvalue weighted by atomic mass is 16.5. The van der Waals surface area contributed by atoms with Crippen molar-refractivity contribution in [3.63, 3.8) is 0 Å². The fourth-order valence-corrected chi connectivity index (χ4v) is 4.36. The van der Waals surface area contributed by atoms with Crippen molar-refractivity contribution in [2.75, 3.05) is 56.4 Å². The van der Waals surface area contributed by atoms with Gasteiger partial charge in [-0.05, 0) is 12.8 Å². The second-order valence-electron chi connectivity index (χ2n) is 7.01. The Morgan fingerprint density at radius 3 is 2.75 bits per heavy atom. The number of rotatable bonds is 4. The second-order valence-corrected chi connectivity index (χ2v) is 7.01. The number of anilines is 2. The molecule has 2 aliphatic heterocycles. The molecule has 3 heterocycles. The van der Waals surface area contributed by atoms with E-state index in [4.69, 9.17) is 14.5 Å². The summed E-state index contributed by atoms with van der Waals surface area (Å²) in [6.07, 6.45) is 4.71. The first-order valence-electron chi connectivity index (χ1n) is 8.95. The van der Waals surface area contributed by atoms with Crippen molar-refractivity contribution >= 4 is 11.8 Å². The van der Waals surface area contributed by atoms with Crippen LogP contribution in [0.1, 0.15) is 25.7 Å². The summed E-state index contributed by atoms with van der Waals surface area (Å²) in [4.78, 5) is 22.1. The van der Waals surface area contributed by atoms with Crippen LogP contribution in [0.25, 0.3) is 0 Å². The molecule has 0 atom stereocenters. The predicted octanol–water partition coefficient (Wildman–Crippen LogP) is 0.859. The van der Waals surface area contributed by atoms with Gasteiger partial charge < -0.3 is 19.3 Å². The van der Waals surface area contributed by atoms with Gasteiger partial charge in [0.25, 0.3) is 5.56 Å². The lowest BCUT2D eigenvalue weighted by atomic mass is 9.97. The van der Waals surface area contributed by atoms with Gasteiger partial charge >= 0.3 is 0 Å². The van der Waals surface area contributed by atoms with Crippen molar-refractivity contribution in [1.82, 2.24) is 9.55 Å². The molecule has 1 spiro atoms. The molecule has 2 fully saturated rings. The predicted molar refractivity (Wildman–Crippen MR) is 92.0 cm³/mol. The molecule has 7 heteroatoms. The van der Waals surface area contributed by atoms with Crippen molar-refractivity contribution in [3.8, 4) is 0 Å². The van der Waals surface area contributed by atoms with E-state index in [0.29, 0.717) is 19.8 Å². The van der Waals surface area contributed by atoms with Crippen LogP contribution in [0.3, 0.4) is 0 Å². The van der Waals surface area contributed by atoms with Crippen LogP contribution in [0.5, 0.6) is 0 Å². The third-order valence-electron chi connectivity index (χ3n) is 5.63. The van der Waals surface area contributed by atoms with Gasteiger partial charge in [-0.1, -0.05) is 12.8 Å². The lowest BCUT2D eigenvalue weighted by molar-refractivity contribution is 0.122. The van der Waals surface area contributed by atoms with Crippen molar-refractivity contribution < 1.29 is 9.47 Å². The zero-order valence-electron chi connectivity index (χ0n) is 14.4. The van der Waals surface area contributed by atoms with Crippen molar-refractivity contribution in [2.24, 2.45) is 0 Å². The lowest BCUT2D eigenvalue weighted by Gasteiger charge is -2.35. The fourth-order valence-electron chi connectivity index (χ4n) is 4.36. The molecule has 0 radical (unpaired) electrons. The zero-order chi connectivity index (χ0) is 16.6. The van der Waals surface area contributed by atoms with Gasteiger partial charge in [0.1, 0.15) is 5.82 Å². The molecule has 1 saturated carbocycles. The Morgan fingerprint density at radius 1 is 1.29 bits per heavy atom. The lowest BCUT2D eigenvalue weighted by Crippen LogP contribution is -2.46. The monoisotopic (exact) mass is 334 g/mol. The molecule has 1 saturated heterocycles. The highest BCUT2D eigenvalue weighted by molar-refractivity contribution is 5.49. The number of morpholine rings is 1. The molecule has 0 unspecified atom stereocenters. The minimum absolute atomic E-state index is 0.0569. The van der Waals surface area contributed by atoms with Gasteiger partial charge in [-0.2, -0.15) is 4.98 Å². The summed E-state index contributed by atoms with van der Waals surface area (Å²) >= 11 is 0. The molecule has 0 amide bonds. The number of nitrogens with zero attached hydrogens (tertiary/aromatic N) is 4. The first-order valence-corrected chi connectivity index (χ1v) is 8.95. The first kappa shape index (κ1) is 15.9. The number of methoxy groups -OCH3 is 1. The molecule has 3 aliphatic rings.